The number of ether oxygens (including phenoxy) is 1. The number of imidazole rings is 1. The van der Waals surface area contributed by atoms with Crippen LogP contribution in [0.1, 0.15) is 17.0 Å². The summed E-state index contributed by atoms with van der Waals surface area (Å²) in [5.41, 5.74) is 3.46. The number of nitrogens with zero attached hydrogens (tertiary/aromatic N) is 2. The van der Waals surface area contributed by atoms with Crippen LogP contribution in [-0.2, 0) is 6.61 Å². The maximum atomic E-state index is 13.4. The van der Waals surface area contributed by atoms with Crippen LogP contribution in [0.5, 0.6) is 5.75 Å². The van der Waals surface area contributed by atoms with E-state index in [1.807, 2.05) is 36.4 Å². The highest BCUT2D eigenvalue weighted by Gasteiger charge is 2.12. The number of hydrogen-bond acceptors (Lipinski definition) is 3. The highest BCUT2D eigenvalue weighted by Crippen LogP contribution is 2.31. The molecule has 0 fully saturated rings. The molecule has 0 radical (unpaired) electrons. The standard InChI is InChI=1S/C23H13BrFI2N3O/c24-16-3-1-13(2-4-16)12-31-22-18(26)8-14(9-19(22)27)7-15(11-28)23-29-20-6-5-17(25)10-21(20)30-23/h1-10H,12H2,(H,29,30)/b15-7-. The van der Waals surface area contributed by atoms with Crippen molar-refractivity contribution in [3.05, 3.63) is 89.0 Å². The van der Waals surface area contributed by atoms with Crippen molar-refractivity contribution in [1.29, 1.82) is 5.26 Å². The first-order chi connectivity index (χ1) is 14.9. The number of rotatable bonds is 5. The number of aromatic amines is 1. The Balaban J connectivity index is 1.60. The molecule has 0 unspecified atom stereocenters. The monoisotopic (exact) mass is 699 g/mol. The molecule has 4 nitrogen and oxygen atoms in total. The van der Waals surface area contributed by atoms with Crippen LogP contribution >= 0.6 is 61.1 Å². The number of halogens is 4. The van der Waals surface area contributed by atoms with Crippen molar-refractivity contribution in [2.24, 2.45) is 0 Å². The van der Waals surface area contributed by atoms with Crippen molar-refractivity contribution >= 4 is 83.8 Å². The lowest BCUT2D eigenvalue weighted by Crippen LogP contribution is -1.99. The fourth-order valence-electron chi connectivity index (χ4n) is 2.97. The molecule has 3 aromatic carbocycles. The molecule has 0 atom stereocenters. The minimum absolute atomic E-state index is 0.354. The van der Waals surface area contributed by atoms with Crippen LogP contribution in [0.25, 0.3) is 22.7 Å². The fourth-order valence-corrected chi connectivity index (χ4v) is 5.36. The van der Waals surface area contributed by atoms with E-state index >= 15 is 0 Å². The average molecular weight is 700 g/mol. The van der Waals surface area contributed by atoms with E-state index in [0.29, 0.717) is 29.0 Å². The maximum Gasteiger partial charge on any atom is 0.149 e. The number of benzene rings is 3. The lowest BCUT2D eigenvalue weighted by molar-refractivity contribution is 0.301. The molecule has 31 heavy (non-hydrogen) atoms. The van der Waals surface area contributed by atoms with Gasteiger partial charge in [0.15, 0.2) is 0 Å². The fraction of sp³-hybridized carbons (Fsp3) is 0.0435. The molecule has 0 saturated carbocycles. The third-order valence-electron chi connectivity index (χ3n) is 4.45. The molecule has 154 valence electrons. The van der Waals surface area contributed by atoms with E-state index in [-0.39, 0.29) is 5.82 Å². The molecule has 0 aliphatic heterocycles. The van der Waals surface area contributed by atoms with Gasteiger partial charge in [0.25, 0.3) is 0 Å². The first-order valence-corrected chi connectivity index (χ1v) is 12.0. The third-order valence-corrected chi connectivity index (χ3v) is 6.58. The summed E-state index contributed by atoms with van der Waals surface area (Å²) >= 11 is 7.90. The number of nitrogens with one attached hydrogen (secondary N) is 1. The van der Waals surface area contributed by atoms with Crippen molar-refractivity contribution in [2.45, 2.75) is 6.61 Å². The van der Waals surface area contributed by atoms with Crippen LogP contribution < -0.4 is 4.74 Å². The molecule has 4 rings (SSSR count). The van der Waals surface area contributed by atoms with E-state index in [1.165, 1.54) is 12.1 Å². The second-order valence-electron chi connectivity index (χ2n) is 6.65. The summed E-state index contributed by atoms with van der Waals surface area (Å²) in [6, 6.07) is 18.4. The molecule has 0 bridgehead atoms. The molecule has 8 heteroatoms. The van der Waals surface area contributed by atoms with E-state index in [0.717, 1.165) is 28.5 Å². The molecule has 1 aromatic heterocycles. The second kappa shape index (κ2) is 9.67. The minimum atomic E-state index is -0.354. The smallest absolute Gasteiger partial charge is 0.149 e. The Labute approximate surface area is 213 Å². The average Bonchev–Trinajstić information content (AvgIpc) is 3.15. The number of allylic oxidation sites excluding steroid dienone is 1. The number of aromatic nitrogens is 2. The van der Waals surface area contributed by atoms with Gasteiger partial charge in [-0.05, 0) is 105 Å². The van der Waals surface area contributed by atoms with E-state index in [4.69, 9.17) is 4.74 Å². The highest BCUT2D eigenvalue weighted by molar-refractivity contribution is 14.1. The molecule has 0 spiro atoms. The van der Waals surface area contributed by atoms with Gasteiger partial charge in [-0.3, -0.25) is 0 Å². The Morgan fingerprint density at radius 2 is 1.84 bits per heavy atom. The van der Waals surface area contributed by atoms with Gasteiger partial charge in [-0.2, -0.15) is 5.26 Å². The number of fused-ring (bicyclic) bond motifs is 1. The van der Waals surface area contributed by atoms with E-state index < -0.39 is 0 Å². The zero-order valence-electron chi connectivity index (χ0n) is 15.8. The van der Waals surface area contributed by atoms with E-state index in [1.54, 1.807) is 12.1 Å². The molecule has 0 aliphatic rings. The summed E-state index contributed by atoms with van der Waals surface area (Å²) in [7, 11) is 0. The van der Waals surface area contributed by atoms with Crippen LogP contribution in [0.3, 0.4) is 0 Å². The molecule has 1 N–H and O–H groups in total. The Hall–Kier alpha value is -1.97. The zero-order valence-corrected chi connectivity index (χ0v) is 21.7. The maximum absolute atomic E-state index is 13.4. The van der Waals surface area contributed by atoms with Gasteiger partial charge in [0, 0.05) is 4.47 Å². The predicted molar refractivity (Wildman–Crippen MR) is 140 cm³/mol. The topological polar surface area (TPSA) is 61.7 Å². The minimum Gasteiger partial charge on any atom is -0.487 e. The summed E-state index contributed by atoms with van der Waals surface area (Å²) in [4.78, 5) is 7.42. The van der Waals surface area contributed by atoms with Gasteiger partial charge < -0.3 is 9.72 Å². The van der Waals surface area contributed by atoms with E-state index in [9.17, 15) is 9.65 Å². The number of H-pyrrole nitrogens is 1. The molecule has 0 aliphatic carbocycles. The lowest BCUT2D eigenvalue weighted by atomic mass is 10.1. The van der Waals surface area contributed by atoms with Crippen molar-refractivity contribution in [2.75, 3.05) is 0 Å². The molecular formula is C23H13BrFI2N3O. The summed E-state index contributed by atoms with van der Waals surface area (Å²) in [5, 5.41) is 9.66. The number of hydrogen-bond donors (Lipinski definition) is 1. The van der Waals surface area contributed by atoms with Crippen molar-refractivity contribution in [3.8, 4) is 11.8 Å². The quantitative estimate of drug-likeness (QED) is 0.176. The molecule has 1 heterocycles. The number of nitriles is 1. The first-order valence-electron chi connectivity index (χ1n) is 9.06. The summed E-state index contributed by atoms with van der Waals surface area (Å²) < 4.78 is 22.4. The third kappa shape index (κ3) is 5.27. The molecule has 4 aromatic rings. The van der Waals surface area contributed by atoms with Gasteiger partial charge in [-0.25, -0.2) is 9.37 Å². The largest absolute Gasteiger partial charge is 0.487 e. The predicted octanol–water partition coefficient (Wildman–Crippen LogP) is 7.32. The first kappa shape index (κ1) is 22.2. The Morgan fingerprint density at radius 3 is 2.52 bits per heavy atom. The van der Waals surface area contributed by atoms with Crippen molar-refractivity contribution in [1.82, 2.24) is 9.97 Å². The Bertz CT molecular complexity index is 1320. The van der Waals surface area contributed by atoms with Gasteiger partial charge in [-0.1, -0.05) is 28.1 Å². The molecule has 0 amide bonds. The van der Waals surface area contributed by atoms with E-state index in [2.05, 4.69) is 77.1 Å². The van der Waals surface area contributed by atoms with Crippen molar-refractivity contribution < 1.29 is 9.13 Å². The Morgan fingerprint density at radius 1 is 1.13 bits per heavy atom. The summed E-state index contributed by atoms with van der Waals surface area (Å²) in [6.07, 6.45) is 1.76. The molecule has 0 saturated heterocycles. The van der Waals surface area contributed by atoms with Crippen LogP contribution in [-0.4, -0.2) is 9.97 Å². The van der Waals surface area contributed by atoms with Crippen LogP contribution in [0.2, 0.25) is 0 Å². The van der Waals surface area contributed by atoms with Gasteiger partial charge in [0.2, 0.25) is 0 Å². The SMILES string of the molecule is N#C/C(=C/c1cc(I)c(OCc2ccc(Br)cc2)c(I)c1)c1nc2ccc(F)cc2[nH]1. The lowest BCUT2D eigenvalue weighted by Gasteiger charge is -2.12. The summed E-state index contributed by atoms with van der Waals surface area (Å²) in [6.45, 7) is 0.466. The van der Waals surface area contributed by atoms with Gasteiger partial charge >= 0.3 is 0 Å². The van der Waals surface area contributed by atoms with Crippen molar-refractivity contribution in [3.63, 3.8) is 0 Å². The van der Waals surface area contributed by atoms with Crippen LogP contribution in [0, 0.1) is 24.3 Å². The van der Waals surface area contributed by atoms with Gasteiger partial charge in [-0.15, -0.1) is 0 Å². The normalized spacial score (nSPS) is 11.5. The highest BCUT2D eigenvalue weighted by atomic mass is 127. The molecular weight excluding hydrogens is 687 g/mol. The van der Waals surface area contributed by atoms with Crippen LogP contribution in [0.15, 0.2) is 59.1 Å². The second-order valence-corrected chi connectivity index (χ2v) is 9.89. The van der Waals surface area contributed by atoms with Crippen LogP contribution in [0.4, 0.5) is 4.39 Å². The van der Waals surface area contributed by atoms with Gasteiger partial charge in [0.1, 0.15) is 30.1 Å². The Kier molecular flexibility index (Phi) is 6.93. The zero-order chi connectivity index (χ0) is 22.0. The van der Waals surface area contributed by atoms with Gasteiger partial charge in [0.05, 0.1) is 23.7 Å². The summed E-state index contributed by atoms with van der Waals surface area (Å²) in [5.74, 6) is 0.857.